The minimum atomic E-state index is -0.605. The summed E-state index contributed by atoms with van der Waals surface area (Å²) >= 11 is 0. The molecule has 1 heterocycles. The van der Waals surface area contributed by atoms with Gasteiger partial charge < -0.3 is 14.5 Å². The Morgan fingerprint density at radius 1 is 0.871 bits per heavy atom. The van der Waals surface area contributed by atoms with Gasteiger partial charge in [0.05, 0.1) is 17.9 Å². The van der Waals surface area contributed by atoms with Crippen LogP contribution >= 0.6 is 0 Å². The van der Waals surface area contributed by atoms with Gasteiger partial charge in [0, 0.05) is 31.9 Å². The predicted molar refractivity (Wildman–Crippen MR) is 117 cm³/mol. The lowest BCUT2D eigenvalue weighted by atomic mass is 9.76. The van der Waals surface area contributed by atoms with Crippen molar-refractivity contribution in [1.29, 1.82) is 0 Å². The molecule has 2 aliphatic rings. The third kappa shape index (κ3) is 4.99. The molecule has 4 rings (SSSR count). The van der Waals surface area contributed by atoms with Crippen molar-refractivity contribution >= 4 is 17.5 Å². The summed E-state index contributed by atoms with van der Waals surface area (Å²) in [5, 5.41) is 9.26. The lowest BCUT2D eigenvalue weighted by molar-refractivity contribution is -0.148. The molecule has 1 aliphatic heterocycles. The summed E-state index contributed by atoms with van der Waals surface area (Å²) in [5.74, 6) is -0.808. The third-order valence-electron chi connectivity index (χ3n) is 6.32. The molecule has 3 atom stereocenters. The van der Waals surface area contributed by atoms with Crippen LogP contribution in [0, 0.1) is 11.8 Å². The second-order valence-electron chi connectivity index (χ2n) is 8.20. The van der Waals surface area contributed by atoms with E-state index in [4.69, 9.17) is 4.74 Å². The van der Waals surface area contributed by atoms with Gasteiger partial charge in [0.25, 0.3) is 0 Å². The second-order valence-corrected chi connectivity index (χ2v) is 8.20. The number of nitrogens with zero attached hydrogens (tertiary/aromatic N) is 2. The SMILES string of the molecule is O=C(NO)C1CC(Oc2ccccc2)CCC1C(=O)N1CCN(c2ccccc2)CC1. The molecule has 3 unspecified atom stereocenters. The van der Waals surface area contributed by atoms with E-state index in [-0.39, 0.29) is 12.0 Å². The average molecular weight is 424 g/mol. The van der Waals surface area contributed by atoms with E-state index in [1.54, 1.807) is 5.48 Å². The van der Waals surface area contributed by atoms with Gasteiger partial charge in [0.15, 0.2) is 0 Å². The first kappa shape index (κ1) is 21.2. The molecule has 2 amide bonds. The van der Waals surface area contributed by atoms with Crippen molar-refractivity contribution in [3.05, 3.63) is 60.7 Å². The number of hydroxylamine groups is 1. The Kier molecular flexibility index (Phi) is 6.72. The lowest BCUT2D eigenvalue weighted by Gasteiger charge is -2.40. The van der Waals surface area contributed by atoms with Gasteiger partial charge in [-0.1, -0.05) is 36.4 Å². The van der Waals surface area contributed by atoms with Gasteiger partial charge in [-0.3, -0.25) is 14.8 Å². The summed E-state index contributed by atoms with van der Waals surface area (Å²) in [6.07, 6.45) is 1.50. The number of carbonyl (C=O) groups excluding carboxylic acids is 2. The number of hydrogen-bond donors (Lipinski definition) is 2. The number of hydrogen-bond acceptors (Lipinski definition) is 5. The summed E-state index contributed by atoms with van der Waals surface area (Å²) in [6, 6.07) is 19.7. The molecule has 0 bridgehead atoms. The Labute approximate surface area is 182 Å². The quantitative estimate of drug-likeness (QED) is 0.571. The Bertz CT molecular complexity index is 869. The molecule has 7 heteroatoms. The molecule has 2 aromatic rings. The van der Waals surface area contributed by atoms with E-state index >= 15 is 0 Å². The fourth-order valence-electron chi connectivity index (χ4n) is 4.66. The molecule has 2 aromatic carbocycles. The minimum Gasteiger partial charge on any atom is -0.490 e. The van der Waals surface area contributed by atoms with Crippen LogP contribution in [0.4, 0.5) is 5.69 Å². The van der Waals surface area contributed by atoms with Crippen LogP contribution in [-0.2, 0) is 9.59 Å². The van der Waals surface area contributed by atoms with E-state index in [0.29, 0.717) is 32.4 Å². The van der Waals surface area contributed by atoms with Crippen LogP contribution in [0.3, 0.4) is 0 Å². The first-order valence-electron chi connectivity index (χ1n) is 10.9. The number of piperazine rings is 1. The molecular formula is C24H29N3O4. The standard InChI is InChI=1S/C24H29N3O4/c28-23(25-30)22-17-20(31-19-9-5-2-6-10-19)11-12-21(22)24(29)27-15-13-26(14-16-27)18-7-3-1-4-8-18/h1-10,20-22,30H,11-17H2,(H,25,28). The average Bonchev–Trinajstić information content (AvgIpc) is 2.84. The summed E-state index contributed by atoms with van der Waals surface area (Å²) in [7, 11) is 0. The number of anilines is 1. The van der Waals surface area contributed by atoms with Crippen molar-refractivity contribution in [1.82, 2.24) is 10.4 Å². The van der Waals surface area contributed by atoms with Gasteiger partial charge in [-0.2, -0.15) is 0 Å². The van der Waals surface area contributed by atoms with Crippen LogP contribution in [-0.4, -0.2) is 54.2 Å². The maximum Gasteiger partial charge on any atom is 0.247 e. The number of ether oxygens (including phenoxy) is 1. The highest BCUT2D eigenvalue weighted by atomic mass is 16.5. The van der Waals surface area contributed by atoms with E-state index < -0.39 is 17.7 Å². The first-order valence-corrected chi connectivity index (χ1v) is 10.9. The highest BCUT2D eigenvalue weighted by Gasteiger charge is 2.42. The van der Waals surface area contributed by atoms with Crippen molar-refractivity contribution in [2.75, 3.05) is 31.1 Å². The highest BCUT2D eigenvalue weighted by Crippen LogP contribution is 2.34. The zero-order chi connectivity index (χ0) is 21.6. The largest absolute Gasteiger partial charge is 0.490 e. The number of rotatable bonds is 5. The van der Waals surface area contributed by atoms with E-state index in [1.165, 1.54) is 0 Å². The van der Waals surface area contributed by atoms with Gasteiger partial charge in [0.1, 0.15) is 5.75 Å². The molecule has 31 heavy (non-hydrogen) atoms. The summed E-state index contributed by atoms with van der Waals surface area (Å²) in [5.41, 5.74) is 2.92. The first-order chi connectivity index (χ1) is 15.2. The number of benzene rings is 2. The van der Waals surface area contributed by atoms with Crippen molar-refractivity contribution in [3.63, 3.8) is 0 Å². The summed E-state index contributed by atoms with van der Waals surface area (Å²) in [6.45, 7) is 2.78. The lowest BCUT2D eigenvalue weighted by Crippen LogP contribution is -2.53. The number of carbonyl (C=O) groups is 2. The van der Waals surface area contributed by atoms with Gasteiger partial charge in [-0.05, 0) is 43.5 Å². The van der Waals surface area contributed by atoms with E-state index in [9.17, 15) is 14.8 Å². The van der Waals surface area contributed by atoms with Crippen molar-refractivity contribution in [2.45, 2.75) is 25.4 Å². The molecule has 0 radical (unpaired) electrons. The van der Waals surface area contributed by atoms with Crippen LogP contribution in [0.15, 0.2) is 60.7 Å². The Morgan fingerprint density at radius 2 is 1.52 bits per heavy atom. The number of nitrogens with one attached hydrogen (secondary N) is 1. The van der Waals surface area contributed by atoms with Gasteiger partial charge in [0.2, 0.25) is 11.8 Å². The van der Waals surface area contributed by atoms with Crippen LogP contribution < -0.4 is 15.1 Å². The van der Waals surface area contributed by atoms with Crippen LogP contribution in [0.5, 0.6) is 5.75 Å². The summed E-state index contributed by atoms with van der Waals surface area (Å²) < 4.78 is 6.02. The predicted octanol–water partition coefficient (Wildman–Crippen LogP) is 2.70. The van der Waals surface area contributed by atoms with E-state index in [2.05, 4.69) is 17.0 Å². The topological polar surface area (TPSA) is 82.1 Å². The maximum atomic E-state index is 13.3. The summed E-state index contributed by atoms with van der Waals surface area (Å²) in [4.78, 5) is 29.8. The Hall–Kier alpha value is -3.06. The smallest absolute Gasteiger partial charge is 0.247 e. The number of para-hydroxylation sites is 2. The van der Waals surface area contributed by atoms with Crippen molar-refractivity contribution < 1.29 is 19.5 Å². The van der Waals surface area contributed by atoms with Gasteiger partial charge in [-0.15, -0.1) is 0 Å². The molecular weight excluding hydrogens is 394 g/mol. The third-order valence-corrected chi connectivity index (χ3v) is 6.32. The minimum absolute atomic E-state index is 0.000488. The molecule has 1 saturated carbocycles. The number of amides is 2. The van der Waals surface area contributed by atoms with Crippen LogP contribution in [0.1, 0.15) is 19.3 Å². The zero-order valence-electron chi connectivity index (χ0n) is 17.5. The fourth-order valence-corrected chi connectivity index (χ4v) is 4.66. The molecule has 2 N–H and O–H groups in total. The van der Waals surface area contributed by atoms with Gasteiger partial charge in [-0.25, -0.2) is 5.48 Å². The fraction of sp³-hybridized carbons (Fsp3) is 0.417. The van der Waals surface area contributed by atoms with Crippen LogP contribution in [0.2, 0.25) is 0 Å². The highest BCUT2D eigenvalue weighted by molar-refractivity contribution is 5.87. The molecule has 2 fully saturated rings. The Morgan fingerprint density at radius 3 is 2.16 bits per heavy atom. The molecule has 1 saturated heterocycles. The van der Waals surface area contributed by atoms with E-state index in [1.807, 2.05) is 53.4 Å². The monoisotopic (exact) mass is 423 g/mol. The normalized spacial score (nSPS) is 23.8. The van der Waals surface area contributed by atoms with Crippen molar-refractivity contribution in [3.8, 4) is 5.75 Å². The van der Waals surface area contributed by atoms with Crippen LogP contribution in [0.25, 0.3) is 0 Å². The van der Waals surface area contributed by atoms with E-state index in [0.717, 1.165) is 24.5 Å². The maximum absolute atomic E-state index is 13.3. The Balaban J connectivity index is 1.38. The van der Waals surface area contributed by atoms with Crippen molar-refractivity contribution in [2.24, 2.45) is 11.8 Å². The van der Waals surface area contributed by atoms with Gasteiger partial charge >= 0.3 is 0 Å². The molecule has 0 aromatic heterocycles. The molecule has 164 valence electrons. The zero-order valence-corrected chi connectivity index (χ0v) is 17.5. The molecule has 1 aliphatic carbocycles. The second kappa shape index (κ2) is 9.83. The molecule has 7 nitrogen and oxygen atoms in total. The molecule has 0 spiro atoms.